The van der Waals surface area contributed by atoms with Crippen molar-refractivity contribution in [1.29, 1.82) is 0 Å². The Bertz CT molecular complexity index is 310. The number of likely N-dealkylation sites (tertiary alicyclic amines) is 1. The Morgan fingerprint density at radius 2 is 2.22 bits per heavy atom. The molecule has 0 bridgehead atoms. The van der Waals surface area contributed by atoms with Crippen LogP contribution in [0.3, 0.4) is 0 Å². The quantitative estimate of drug-likeness (QED) is 0.789. The molecule has 0 aromatic rings. The van der Waals surface area contributed by atoms with Gasteiger partial charge in [-0.1, -0.05) is 6.92 Å². The van der Waals surface area contributed by atoms with Crippen LogP contribution in [0.15, 0.2) is 0 Å². The van der Waals surface area contributed by atoms with Crippen molar-refractivity contribution in [2.75, 3.05) is 19.9 Å². The van der Waals surface area contributed by atoms with Gasteiger partial charge >= 0.3 is 5.97 Å². The maximum Gasteiger partial charge on any atom is 0.305 e. The van der Waals surface area contributed by atoms with Gasteiger partial charge in [-0.05, 0) is 12.7 Å². The van der Waals surface area contributed by atoms with Crippen molar-refractivity contribution in [1.82, 2.24) is 4.90 Å². The minimum absolute atomic E-state index is 0.000745. The normalized spacial score (nSPS) is 25.2. The van der Waals surface area contributed by atoms with Gasteiger partial charge in [-0.3, -0.25) is 9.59 Å². The van der Waals surface area contributed by atoms with Crippen LogP contribution in [0.5, 0.6) is 0 Å². The topological polar surface area (TPSA) is 66.8 Å². The van der Waals surface area contributed by atoms with Gasteiger partial charge in [0, 0.05) is 31.4 Å². The van der Waals surface area contributed by atoms with Gasteiger partial charge < -0.3 is 14.7 Å². The summed E-state index contributed by atoms with van der Waals surface area (Å²) in [5, 5.41) is 9.13. The van der Waals surface area contributed by atoms with E-state index in [2.05, 4.69) is 0 Å². The Hall–Kier alpha value is -0.750. The molecule has 1 heterocycles. The summed E-state index contributed by atoms with van der Waals surface area (Å²) in [6.07, 6.45) is 2.99. The van der Waals surface area contributed by atoms with Crippen molar-refractivity contribution in [3.05, 3.63) is 0 Å². The standard InChI is InChI=1S/C12H21NO4S/c1-8(18-3)4-11(14)13-7-10(17-2)5-9(13)6-12(15)16/h8-10H,4-7H2,1-3H3,(H,15,16). The summed E-state index contributed by atoms with van der Waals surface area (Å²) < 4.78 is 5.24. The van der Waals surface area contributed by atoms with Crippen LogP contribution < -0.4 is 0 Å². The zero-order valence-electron chi connectivity index (χ0n) is 11.1. The number of carbonyl (C=O) groups excluding carboxylic acids is 1. The molecule has 0 aromatic carbocycles. The summed E-state index contributed by atoms with van der Waals surface area (Å²) in [6.45, 7) is 2.51. The Balaban J connectivity index is 2.64. The van der Waals surface area contributed by atoms with Crippen LogP contribution in [0.4, 0.5) is 0 Å². The van der Waals surface area contributed by atoms with Crippen LogP contribution >= 0.6 is 11.8 Å². The molecule has 0 spiro atoms. The van der Waals surface area contributed by atoms with Gasteiger partial charge in [0.25, 0.3) is 0 Å². The predicted molar refractivity (Wildman–Crippen MR) is 70.8 cm³/mol. The molecule has 1 amide bonds. The number of carbonyl (C=O) groups is 2. The number of ether oxygens (including phenoxy) is 1. The van der Waals surface area contributed by atoms with Crippen LogP contribution in [0.1, 0.15) is 26.2 Å². The summed E-state index contributed by atoms with van der Waals surface area (Å²) >= 11 is 1.64. The average Bonchev–Trinajstić information content (AvgIpc) is 2.71. The lowest BCUT2D eigenvalue weighted by molar-refractivity contribution is -0.139. The summed E-state index contributed by atoms with van der Waals surface area (Å²) in [5.41, 5.74) is 0. The first kappa shape index (κ1) is 15.3. The molecule has 0 aromatic heterocycles. The number of amides is 1. The fourth-order valence-corrected chi connectivity index (χ4v) is 2.50. The molecule has 0 aliphatic carbocycles. The molecule has 6 heteroatoms. The summed E-state index contributed by atoms with van der Waals surface area (Å²) in [6, 6.07) is -0.228. The maximum absolute atomic E-state index is 12.1. The van der Waals surface area contributed by atoms with Crippen molar-refractivity contribution in [3.63, 3.8) is 0 Å². The Kier molecular flexibility index (Phi) is 5.95. The van der Waals surface area contributed by atoms with Gasteiger partial charge in [0.05, 0.1) is 12.5 Å². The SMILES string of the molecule is COC1CC(CC(=O)O)N(C(=O)CC(C)SC)C1. The lowest BCUT2D eigenvalue weighted by atomic mass is 10.1. The number of rotatable bonds is 6. The highest BCUT2D eigenvalue weighted by Crippen LogP contribution is 2.24. The van der Waals surface area contributed by atoms with Crippen molar-refractivity contribution >= 4 is 23.6 Å². The number of carboxylic acid groups (broad SMARTS) is 1. The maximum atomic E-state index is 12.1. The lowest BCUT2D eigenvalue weighted by Crippen LogP contribution is -2.38. The molecule has 104 valence electrons. The molecule has 1 rings (SSSR count). The second-order valence-corrected chi connectivity index (χ2v) is 5.92. The van der Waals surface area contributed by atoms with Crippen LogP contribution in [0, 0.1) is 0 Å². The van der Waals surface area contributed by atoms with E-state index in [-0.39, 0.29) is 29.7 Å². The molecule has 3 atom stereocenters. The number of nitrogens with zero attached hydrogens (tertiary/aromatic N) is 1. The molecule has 3 unspecified atom stereocenters. The molecule has 0 saturated carbocycles. The third-order valence-electron chi connectivity index (χ3n) is 3.30. The van der Waals surface area contributed by atoms with Gasteiger partial charge in [-0.15, -0.1) is 0 Å². The number of carboxylic acids is 1. The van der Waals surface area contributed by atoms with Gasteiger partial charge in [0.15, 0.2) is 0 Å². The molecule has 1 N–H and O–H groups in total. The summed E-state index contributed by atoms with van der Waals surface area (Å²) in [5.74, 6) is -0.838. The van der Waals surface area contributed by atoms with Gasteiger partial charge in [-0.2, -0.15) is 11.8 Å². The molecule has 1 saturated heterocycles. The molecule has 0 radical (unpaired) electrons. The number of aliphatic carboxylic acids is 1. The van der Waals surface area contributed by atoms with E-state index in [1.165, 1.54) is 0 Å². The summed E-state index contributed by atoms with van der Waals surface area (Å²) in [7, 11) is 1.60. The minimum Gasteiger partial charge on any atom is -0.481 e. The van der Waals surface area contributed by atoms with Crippen molar-refractivity contribution in [2.45, 2.75) is 43.6 Å². The third-order valence-corrected chi connectivity index (χ3v) is 4.28. The fourth-order valence-electron chi connectivity index (χ4n) is 2.19. The second-order valence-electron chi connectivity index (χ2n) is 4.64. The Labute approximate surface area is 112 Å². The lowest BCUT2D eigenvalue weighted by Gasteiger charge is -2.24. The highest BCUT2D eigenvalue weighted by molar-refractivity contribution is 7.99. The summed E-state index contributed by atoms with van der Waals surface area (Å²) in [4.78, 5) is 24.6. The minimum atomic E-state index is -0.868. The highest BCUT2D eigenvalue weighted by Gasteiger charge is 2.36. The third kappa shape index (κ3) is 4.17. The second kappa shape index (κ2) is 6.99. The Morgan fingerprint density at radius 1 is 1.56 bits per heavy atom. The predicted octanol–water partition coefficient (Wildman–Crippen LogP) is 1.22. The molecule has 1 aliphatic rings. The number of thioether (sulfide) groups is 1. The average molecular weight is 275 g/mol. The number of methoxy groups -OCH3 is 1. The van der Waals surface area contributed by atoms with E-state index in [1.54, 1.807) is 23.8 Å². The first-order valence-corrected chi connectivity index (χ1v) is 7.33. The van der Waals surface area contributed by atoms with Crippen molar-refractivity contribution in [2.24, 2.45) is 0 Å². The van der Waals surface area contributed by atoms with Crippen molar-refractivity contribution < 1.29 is 19.4 Å². The molecule has 5 nitrogen and oxygen atoms in total. The van der Waals surface area contributed by atoms with Gasteiger partial charge in [-0.25, -0.2) is 0 Å². The Morgan fingerprint density at radius 3 is 2.72 bits per heavy atom. The number of hydrogen-bond acceptors (Lipinski definition) is 4. The zero-order chi connectivity index (χ0) is 13.7. The largest absolute Gasteiger partial charge is 0.481 e. The van der Waals surface area contributed by atoms with E-state index in [4.69, 9.17) is 9.84 Å². The first-order valence-electron chi connectivity index (χ1n) is 6.04. The fraction of sp³-hybridized carbons (Fsp3) is 0.833. The van der Waals surface area contributed by atoms with E-state index < -0.39 is 5.97 Å². The molecular weight excluding hydrogens is 254 g/mol. The molecule has 18 heavy (non-hydrogen) atoms. The highest BCUT2D eigenvalue weighted by atomic mass is 32.2. The monoisotopic (exact) mass is 275 g/mol. The van der Waals surface area contributed by atoms with E-state index in [0.717, 1.165) is 0 Å². The van der Waals surface area contributed by atoms with E-state index in [0.29, 0.717) is 19.4 Å². The van der Waals surface area contributed by atoms with E-state index >= 15 is 0 Å². The van der Waals surface area contributed by atoms with Crippen LogP contribution in [0.25, 0.3) is 0 Å². The van der Waals surface area contributed by atoms with Crippen LogP contribution in [-0.2, 0) is 14.3 Å². The molecule has 1 aliphatic heterocycles. The van der Waals surface area contributed by atoms with E-state index in [9.17, 15) is 9.59 Å². The smallest absolute Gasteiger partial charge is 0.305 e. The van der Waals surface area contributed by atoms with Gasteiger partial charge in [0.1, 0.15) is 0 Å². The first-order chi connectivity index (χ1) is 8.47. The molecule has 1 fully saturated rings. The van der Waals surface area contributed by atoms with Gasteiger partial charge in [0.2, 0.25) is 5.91 Å². The van der Waals surface area contributed by atoms with E-state index in [1.807, 2.05) is 13.2 Å². The van der Waals surface area contributed by atoms with Crippen LogP contribution in [0.2, 0.25) is 0 Å². The zero-order valence-corrected chi connectivity index (χ0v) is 11.9. The number of hydrogen-bond donors (Lipinski definition) is 1. The van der Waals surface area contributed by atoms with Crippen molar-refractivity contribution in [3.8, 4) is 0 Å². The molecular formula is C12H21NO4S. The van der Waals surface area contributed by atoms with Crippen LogP contribution in [-0.4, -0.2) is 59.2 Å².